The second kappa shape index (κ2) is 5.97. The van der Waals surface area contributed by atoms with Crippen LogP contribution in [0.3, 0.4) is 0 Å². The van der Waals surface area contributed by atoms with Crippen molar-refractivity contribution in [3.63, 3.8) is 0 Å². The van der Waals surface area contributed by atoms with Crippen molar-refractivity contribution in [2.45, 2.75) is 13.5 Å². The fourth-order valence-corrected chi connectivity index (χ4v) is 4.34. The van der Waals surface area contributed by atoms with Gasteiger partial charge in [0.1, 0.15) is 4.88 Å². The first-order chi connectivity index (χ1) is 12.1. The van der Waals surface area contributed by atoms with E-state index in [9.17, 15) is 14.9 Å². The number of benzene rings is 1. The van der Waals surface area contributed by atoms with Gasteiger partial charge in [-0.2, -0.15) is 4.99 Å². The van der Waals surface area contributed by atoms with Crippen LogP contribution in [0.5, 0.6) is 11.5 Å². The number of nitrogens with zero attached hydrogens (tertiary/aromatic N) is 3. The van der Waals surface area contributed by atoms with Gasteiger partial charge in [-0.1, -0.05) is 22.7 Å². The highest BCUT2D eigenvalue weighted by Crippen LogP contribution is 2.37. The Hall–Kier alpha value is -2.72. The van der Waals surface area contributed by atoms with E-state index in [2.05, 4.69) is 4.99 Å². The molecule has 0 fully saturated rings. The summed E-state index contributed by atoms with van der Waals surface area (Å²) in [5.74, 6) is 0.843. The van der Waals surface area contributed by atoms with Gasteiger partial charge < -0.3 is 14.0 Å². The third-order valence-electron chi connectivity index (χ3n) is 3.67. The number of aromatic nitrogens is 1. The molecular weight excluding hydrogens is 366 g/mol. The number of ether oxygens (including phenoxy) is 2. The maximum atomic E-state index is 12.4. The monoisotopic (exact) mass is 377 g/mol. The lowest BCUT2D eigenvalue weighted by atomic mass is 10.3. The molecule has 4 rings (SSSR count). The SMILES string of the molecule is CCn1c(=NC(=O)c2ccc([N+](=O)[O-])s2)sc2cc3c(cc21)OCO3. The quantitative estimate of drug-likeness (QED) is 0.516. The Morgan fingerprint density at radius 2 is 2.08 bits per heavy atom. The van der Waals surface area contributed by atoms with E-state index >= 15 is 0 Å². The molecule has 0 atom stereocenters. The van der Waals surface area contributed by atoms with E-state index in [1.54, 1.807) is 0 Å². The topological polar surface area (TPSA) is 96.0 Å². The van der Waals surface area contributed by atoms with Crippen molar-refractivity contribution in [3.05, 3.63) is 44.1 Å². The Balaban J connectivity index is 1.80. The predicted octanol–water partition coefficient (Wildman–Crippen LogP) is 3.16. The average Bonchev–Trinajstić information content (AvgIpc) is 3.30. The van der Waals surface area contributed by atoms with Gasteiger partial charge in [0.15, 0.2) is 16.3 Å². The van der Waals surface area contributed by atoms with Crippen LogP contribution < -0.4 is 14.3 Å². The Bertz CT molecular complexity index is 1080. The van der Waals surface area contributed by atoms with Crippen LogP contribution in [0.15, 0.2) is 29.3 Å². The van der Waals surface area contributed by atoms with Crippen LogP contribution in [0.4, 0.5) is 5.00 Å². The number of thiazole rings is 1. The lowest BCUT2D eigenvalue weighted by molar-refractivity contribution is -0.380. The molecule has 1 aliphatic heterocycles. The van der Waals surface area contributed by atoms with E-state index in [1.807, 2.05) is 23.6 Å². The number of rotatable bonds is 3. The third-order valence-corrected chi connectivity index (χ3v) is 5.74. The summed E-state index contributed by atoms with van der Waals surface area (Å²) in [6, 6.07) is 6.48. The number of hydrogen-bond donors (Lipinski definition) is 0. The Kier molecular flexibility index (Phi) is 3.77. The van der Waals surface area contributed by atoms with Crippen molar-refractivity contribution in [2.24, 2.45) is 4.99 Å². The van der Waals surface area contributed by atoms with Crippen LogP contribution in [0.25, 0.3) is 10.2 Å². The number of fused-ring (bicyclic) bond motifs is 2. The molecule has 1 aromatic carbocycles. The summed E-state index contributed by atoms with van der Waals surface area (Å²) < 4.78 is 13.6. The first kappa shape index (κ1) is 15.8. The zero-order valence-electron chi connectivity index (χ0n) is 12.9. The van der Waals surface area contributed by atoms with Crippen molar-refractivity contribution in [1.29, 1.82) is 0 Å². The number of nitro groups is 1. The number of aryl methyl sites for hydroxylation is 1. The molecule has 128 valence electrons. The summed E-state index contributed by atoms with van der Waals surface area (Å²) in [5.41, 5.74) is 0.903. The van der Waals surface area contributed by atoms with Crippen LogP contribution in [-0.2, 0) is 6.54 Å². The Morgan fingerprint density at radius 3 is 2.76 bits per heavy atom. The van der Waals surface area contributed by atoms with Gasteiger partial charge >= 0.3 is 5.00 Å². The molecule has 0 radical (unpaired) electrons. The molecule has 0 saturated heterocycles. The summed E-state index contributed by atoms with van der Waals surface area (Å²) in [6.45, 7) is 2.78. The van der Waals surface area contributed by atoms with Gasteiger partial charge in [0.25, 0.3) is 5.91 Å². The molecule has 0 spiro atoms. The van der Waals surface area contributed by atoms with E-state index in [-0.39, 0.29) is 16.7 Å². The van der Waals surface area contributed by atoms with Crippen LogP contribution in [0.2, 0.25) is 0 Å². The molecule has 8 nitrogen and oxygen atoms in total. The highest BCUT2D eigenvalue weighted by Gasteiger charge is 2.18. The fraction of sp³-hybridized carbons (Fsp3) is 0.200. The molecule has 3 heterocycles. The zero-order chi connectivity index (χ0) is 17.6. The number of hydrogen-bond acceptors (Lipinski definition) is 7. The van der Waals surface area contributed by atoms with E-state index in [0.29, 0.717) is 22.8 Å². The first-order valence-electron chi connectivity index (χ1n) is 7.33. The Morgan fingerprint density at radius 1 is 1.32 bits per heavy atom. The van der Waals surface area contributed by atoms with Crippen LogP contribution in [0.1, 0.15) is 16.6 Å². The standard InChI is InChI=1S/C15H11N3O5S2/c1-2-17-8-5-9-10(23-7-22-9)6-12(8)25-15(17)16-14(19)11-3-4-13(24-11)18(20)21/h3-6H,2,7H2,1H3. The van der Waals surface area contributed by atoms with E-state index in [1.165, 1.54) is 23.5 Å². The largest absolute Gasteiger partial charge is 0.454 e. The van der Waals surface area contributed by atoms with E-state index in [4.69, 9.17) is 9.47 Å². The molecule has 0 unspecified atom stereocenters. The van der Waals surface area contributed by atoms with Gasteiger partial charge in [-0.25, -0.2) is 0 Å². The molecular formula is C15H11N3O5S2. The predicted molar refractivity (Wildman–Crippen MR) is 92.5 cm³/mol. The highest BCUT2D eigenvalue weighted by molar-refractivity contribution is 7.17. The minimum absolute atomic E-state index is 0.0796. The van der Waals surface area contributed by atoms with E-state index in [0.717, 1.165) is 21.6 Å². The molecule has 1 aliphatic rings. The maximum absolute atomic E-state index is 12.4. The van der Waals surface area contributed by atoms with Gasteiger partial charge in [0.05, 0.1) is 15.1 Å². The first-order valence-corrected chi connectivity index (χ1v) is 8.96. The van der Waals surface area contributed by atoms with Crippen molar-refractivity contribution in [2.75, 3.05) is 6.79 Å². The molecule has 1 amide bonds. The van der Waals surface area contributed by atoms with Crippen molar-refractivity contribution in [1.82, 2.24) is 4.57 Å². The number of amides is 1. The molecule has 0 aliphatic carbocycles. The third kappa shape index (κ3) is 2.68. The minimum atomic E-state index is -0.519. The van der Waals surface area contributed by atoms with Crippen molar-refractivity contribution >= 4 is 43.8 Å². The van der Waals surface area contributed by atoms with Gasteiger partial charge in [0, 0.05) is 24.7 Å². The molecule has 0 bridgehead atoms. The summed E-state index contributed by atoms with van der Waals surface area (Å²) in [6.07, 6.45) is 0. The van der Waals surface area contributed by atoms with E-state index < -0.39 is 10.8 Å². The molecule has 0 N–H and O–H groups in total. The fourth-order valence-electron chi connectivity index (χ4n) is 2.53. The summed E-state index contributed by atoms with van der Waals surface area (Å²) in [5, 5.41) is 10.7. The second-order valence-electron chi connectivity index (χ2n) is 5.11. The molecule has 2 aromatic heterocycles. The van der Waals surface area contributed by atoms with Gasteiger partial charge in [0.2, 0.25) is 6.79 Å². The summed E-state index contributed by atoms with van der Waals surface area (Å²) >= 11 is 2.18. The second-order valence-corrected chi connectivity index (χ2v) is 7.19. The van der Waals surface area contributed by atoms with Crippen LogP contribution in [-0.4, -0.2) is 22.2 Å². The summed E-state index contributed by atoms with van der Waals surface area (Å²) in [7, 11) is 0. The number of carbonyl (C=O) groups is 1. The van der Waals surface area contributed by atoms with Gasteiger partial charge in [-0.3, -0.25) is 14.9 Å². The normalized spacial score (nSPS) is 13.6. The van der Waals surface area contributed by atoms with Crippen molar-refractivity contribution in [3.8, 4) is 11.5 Å². The summed E-state index contributed by atoms with van der Waals surface area (Å²) in [4.78, 5) is 27.5. The minimum Gasteiger partial charge on any atom is -0.454 e. The molecule has 25 heavy (non-hydrogen) atoms. The smallest absolute Gasteiger partial charge is 0.324 e. The highest BCUT2D eigenvalue weighted by atomic mass is 32.1. The molecule has 3 aromatic rings. The van der Waals surface area contributed by atoms with Crippen molar-refractivity contribution < 1.29 is 19.2 Å². The van der Waals surface area contributed by atoms with Crippen LogP contribution in [0, 0.1) is 10.1 Å². The number of thiophene rings is 1. The molecule has 0 saturated carbocycles. The Labute approximate surface area is 148 Å². The maximum Gasteiger partial charge on any atom is 0.324 e. The number of carbonyl (C=O) groups excluding carboxylic acids is 1. The lowest BCUT2D eigenvalue weighted by Crippen LogP contribution is -2.15. The van der Waals surface area contributed by atoms with Crippen LogP contribution >= 0.6 is 22.7 Å². The average molecular weight is 377 g/mol. The van der Waals surface area contributed by atoms with Gasteiger partial charge in [-0.05, 0) is 13.0 Å². The molecule has 10 heteroatoms. The lowest BCUT2D eigenvalue weighted by Gasteiger charge is -2.01. The zero-order valence-corrected chi connectivity index (χ0v) is 14.6. The van der Waals surface area contributed by atoms with Gasteiger partial charge in [-0.15, -0.1) is 0 Å².